The molecular formula is C20H22N2O5S. The molecule has 3 aromatic rings. The highest BCUT2D eigenvalue weighted by Crippen LogP contribution is 2.31. The van der Waals surface area contributed by atoms with Crippen LogP contribution in [0.1, 0.15) is 12.7 Å². The molecule has 0 spiro atoms. The van der Waals surface area contributed by atoms with Crippen molar-refractivity contribution in [1.82, 2.24) is 9.55 Å². The minimum absolute atomic E-state index is 0.158. The number of nitrogens with zero attached hydrogens (tertiary/aromatic N) is 2. The van der Waals surface area contributed by atoms with Gasteiger partial charge in [-0.3, -0.25) is 14.2 Å². The van der Waals surface area contributed by atoms with Gasteiger partial charge < -0.3 is 14.2 Å². The zero-order valence-electron chi connectivity index (χ0n) is 16.1. The first-order chi connectivity index (χ1) is 13.5. The summed E-state index contributed by atoms with van der Waals surface area (Å²) in [5.74, 6) is 0.721. The van der Waals surface area contributed by atoms with Gasteiger partial charge in [0, 0.05) is 17.6 Å². The Kier molecular flexibility index (Phi) is 6.43. The van der Waals surface area contributed by atoms with Gasteiger partial charge in [-0.25, -0.2) is 4.98 Å². The minimum Gasteiger partial charge on any atom is -0.497 e. The summed E-state index contributed by atoms with van der Waals surface area (Å²) in [5.41, 5.74) is 1.43. The number of benzene rings is 1. The number of fused-ring (bicyclic) bond motifs is 1. The maximum atomic E-state index is 13.1. The van der Waals surface area contributed by atoms with Crippen LogP contribution >= 0.6 is 11.3 Å². The first-order valence-electron chi connectivity index (χ1n) is 8.91. The number of aromatic nitrogens is 2. The lowest BCUT2D eigenvalue weighted by Gasteiger charge is -2.10. The Balaban J connectivity index is 1.92. The van der Waals surface area contributed by atoms with Crippen molar-refractivity contribution in [2.75, 3.05) is 26.9 Å². The SMILES string of the molecule is CCOCCOC(=O)Cn1c(C)nc2scc(-c3ccc(OC)cc3)c2c1=O. The van der Waals surface area contributed by atoms with Crippen LogP contribution in [0, 0.1) is 6.92 Å². The molecule has 3 rings (SSSR count). The van der Waals surface area contributed by atoms with Crippen LogP contribution in [0.15, 0.2) is 34.4 Å². The van der Waals surface area contributed by atoms with Crippen LogP contribution < -0.4 is 10.3 Å². The summed E-state index contributed by atoms with van der Waals surface area (Å²) in [7, 11) is 1.60. The molecule has 0 aliphatic rings. The Labute approximate surface area is 166 Å². The molecule has 0 atom stereocenters. The number of methoxy groups -OCH3 is 1. The highest BCUT2D eigenvalue weighted by molar-refractivity contribution is 7.17. The molecule has 0 saturated heterocycles. The number of aryl methyl sites for hydroxylation is 1. The maximum Gasteiger partial charge on any atom is 0.326 e. The minimum atomic E-state index is -0.493. The molecule has 8 heteroatoms. The number of thiophene rings is 1. The van der Waals surface area contributed by atoms with E-state index in [0.29, 0.717) is 29.3 Å². The Morgan fingerprint density at radius 3 is 2.64 bits per heavy atom. The zero-order valence-corrected chi connectivity index (χ0v) is 16.9. The summed E-state index contributed by atoms with van der Waals surface area (Å²) in [6.07, 6.45) is 0. The van der Waals surface area contributed by atoms with E-state index in [1.54, 1.807) is 14.0 Å². The van der Waals surface area contributed by atoms with E-state index in [-0.39, 0.29) is 18.7 Å². The van der Waals surface area contributed by atoms with Crippen LogP contribution in [-0.2, 0) is 20.8 Å². The molecule has 0 fully saturated rings. The van der Waals surface area contributed by atoms with Crippen molar-refractivity contribution in [3.8, 4) is 16.9 Å². The molecule has 0 aliphatic carbocycles. The average molecular weight is 402 g/mol. The van der Waals surface area contributed by atoms with Gasteiger partial charge in [0.25, 0.3) is 5.56 Å². The maximum absolute atomic E-state index is 13.1. The van der Waals surface area contributed by atoms with Crippen LogP contribution in [0.3, 0.4) is 0 Å². The van der Waals surface area contributed by atoms with Gasteiger partial charge in [-0.05, 0) is 31.5 Å². The second kappa shape index (κ2) is 8.99. The third kappa shape index (κ3) is 4.23. The monoisotopic (exact) mass is 402 g/mol. The van der Waals surface area contributed by atoms with Gasteiger partial charge in [-0.15, -0.1) is 11.3 Å². The fraction of sp³-hybridized carbons (Fsp3) is 0.350. The van der Waals surface area contributed by atoms with Crippen molar-refractivity contribution in [2.45, 2.75) is 20.4 Å². The molecule has 0 N–H and O–H groups in total. The highest BCUT2D eigenvalue weighted by Gasteiger charge is 2.17. The van der Waals surface area contributed by atoms with Crippen molar-refractivity contribution in [2.24, 2.45) is 0 Å². The Morgan fingerprint density at radius 2 is 1.96 bits per heavy atom. The van der Waals surface area contributed by atoms with E-state index in [1.165, 1.54) is 15.9 Å². The number of hydrogen-bond acceptors (Lipinski definition) is 7. The predicted octanol–water partition coefficient (Wildman–Crippen LogP) is 3.02. The summed E-state index contributed by atoms with van der Waals surface area (Å²) in [5, 5.41) is 2.41. The summed E-state index contributed by atoms with van der Waals surface area (Å²) in [6, 6.07) is 7.47. The molecule has 2 heterocycles. The molecule has 0 radical (unpaired) electrons. The molecule has 28 heavy (non-hydrogen) atoms. The van der Waals surface area contributed by atoms with Gasteiger partial charge >= 0.3 is 5.97 Å². The second-order valence-electron chi connectivity index (χ2n) is 6.03. The van der Waals surface area contributed by atoms with E-state index in [0.717, 1.165) is 16.9 Å². The molecule has 0 saturated carbocycles. The fourth-order valence-corrected chi connectivity index (χ4v) is 3.81. The molecule has 0 bridgehead atoms. The van der Waals surface area contributed by atoms with Gasteiger partial charge in [0.2, 0.25) is 0 Å². The largest absolute Gasteiger partial charge is 0.497 e. The van der Waals surface area contributed by atoms with Gasteiger partial charge in [0.15, 0.2) is 0 Å². The van der Waals surface area contributed by atoms with Gasteiger partial charge in [0.1, 0.15) is 29.6 Å². The number of ether oxygens (including phenoxy) is 3. The van der Waals surface area contributed by atoms with E-state index in [2.05, 4.69) is 4.98 Å². The molecular weight excluding hydrogens is 380 g/mol. The Morgan fingerprint density at radius 1 is 1.21 bits per heavy atom. The molecule has 0 amide bonds. The molecule has 0 aliphatic heterocycles. The van der Waals surface area contributed by atoms with Crippen LogP contribution in [0.2, 0.25) is 0 Å². The van der Waals surface area contributed by atoms with Crippen molar-refractivity contribution in [3.05, 3.63) is 45.8 Å². The Hall–Kier alpha value is -2.71. The lowest BCUT2D eigenvalue weighted by atomic mass is 10.1. The molecule has 1 aromatic carbocycles. The van der Waals surface area contributed by atoms with Crippen molar-refractivity contribution < 1.29 is 19.0 Å². The second-order valence-corrected chi connectivity index (χ2v) is 6.88. The summed E-state index contributed by atoms with van der Waals surface area (Å²) >= 11 is 1.41. The summed E-state index contributed by atoms with van der Waals surface area (Å²) in [4.78, 5) is 30.4. The van der Waals surface area contributed by atoms with E-state index >= 15 is 0 Å². The fourth-order valence-electron chi connectivity index (χ4n) is 2.83. The first kappa shape index (κ1) is 20.0. The zero-order chi connectivity index (χ0) is 20.1. The average Bonchev–Trinajstić information content (AvgIpc) is 3.12. The van der Waals surface area contributed by atoms with Gasteiger partial charge in [0.05, 0.1) is 19.1 Å². The summed E-state index contributed by atoms with van der Waals surface area (Å²) in [6.45, 7) is 4.44. The van der Waals surface area contributed by atoms with Crippen LogP contribution in [-0.4, -0.2) is 42.5 Å². The lowest BCUT2D eigenvalue weighted by Crippen LogP contribution is -2.28. The quantitative estimate of drug-likeness (QED) is 0.426. The standard InChI is InChI=1S/C20H22N2O5S/c1-4-26-9-10-27-17(23)11-22-13(2)21-19-18(20(22)24)16(12-28-19)14-5-7-15(25-3)8-6-14/h5-8,12H,4,9-11H2,1-3H3. The number of rotatable bonds is 8. The van der Waals surface area contributed by atoms with Crippen LogP contribution in [0.25, 0.3) is 21.3 Å². The molecule has 2 aromatic heterocycles. The van der Waals surface area contributed by atoms with E-state index in [1.807, 2.05) is 36.6 Å². The number of esters is 1. The van der Waals surface area contributed by atoms with Crippen LogP contribution in [0.5, 0.6) is 5.75 Å². The lowest BCUT2D eigenvalue weighted by molar-refractivity contribution is -0.146. The summed E-state index contributed by atoms with van der Waals surface area (Å²) < 4.78 is 16.8. The van der Waals surface area contributed by atoms with Crippen molar-refractivity contribution in [3.63, 3.8) is 0 Å². The van der Waals surface area contributed by atoms with Gasteiger partial charge in [-0.1, -0.05) is 12.1 Å². The number of carbonyl (C=O) groups excluding carboxylic acids is 1. The molecule has 7 nitrogen and oxygen atoms in total. The first-order valence-corrected chi connectivity index (χ1v) is 9.79. The topological polar surface area (TPSA) is 79.7 Å². The van der Waals surface area contributed by atoms with Gasteiger partial charge in [-0.2, -0.15) is 0 Å². The highest BCUT2D eigenvalue weighted by atomic mass is 32.1. The number of hydrogen-bond donors (Lipinski definition) is 0. The van der Waals surface area contributed by atoms with E-state index < -0.39 is 5.97 Å². The Bertz CT molecular complexity index is 1020. The predicted molar refractivity (Wildman–Crippen MR) is 108 cm³/mol. The van der Waals surface area contributed by atoms with E-state index in [9.17, 15) is 9.59 Å². The third-order valence-corrected chi connectivity index (χ3v) is 5.14. The smallest absolute Gasteiger partial charge is 0.326 e. The van der Waals surface area contributed by atoms with E-state index in [4.69, 9.17) is 14.2 Å². The molecule has 0 unspecified atom stereocenters. The van der Waals surface area contributed by atoms with Crippen LogP contribution in [0.4, 0.5) is 0 Å². The third-order valence-electron chi connectivity index (χ3n) is 4.27. The van der Waals surface area contributed by atoms with Crippen molar-refractivity contribution >= 4 is 27.5 Å². The van der Waals surface area contributed by atoms with Crippen molar-refractivity contribution in [1.29, 1.82) is 0 Å². The molecule has 148 valence electrons. The number of carbonyl (C=O) groups is 1. The normalized spacial score (nSPS) is 11.0.